The van der Waals surface area contributed by atoms with Crippen LogP contribution in [-0.2, 0) is 9.53 Å². The molecule has 2 fully saturated rings. The number of aliphatic hydroxyl groups excluding tert-OH is 1. The molecule has 2 rings (SSSR count). The molecule has 1 aliphatic carbocycles. The van der Waals surface area contributed by atoms with E-state index < -0.39 is 17.8 Å². The van der Waals surface area contributed by atoms with Gasteiger partial charge in [0.1, 0.15) is 11.4 Å². The average Bonchev–Trinajstić information content (AvgIpc) is 2.33. The van der Waals surface area contributed by atoms with Gasteiger partial charge in [-0.25, -0.2) is 0 Å². The second-order valence-electron chi connectivity index (χ2n) is 3.56. The van der Waals surface area contributed by atoms with E-state index >= 15 is 0 Å². The fourth-order valence-electron chi connectivity index (χ4n) is 1.97. The number of fused-ring (bicyclic) bond motifs is 1. The van der Waals surface area contributed by atoms with Gasteiger partial charge in [-0.3, -0.25) is 4.79 Å². The maximum Gasteiger partial charge on any atom is 0.138 e. The summed E-state index contributed by atoms with van der Waals surface area (Å²) in [7, 11) is 0. The van der Waals surface area contributed by atoms with Gasteiger partial charge in [-0.1, -0.05) is 0 Å². The van der Waals surface area contributed by atoms with Crippen molar-refractivity contribution in [2.24, 2.45) is 0 Å². The molecule has 0 aromatic carbocycles. The number of carbonyl (C=O) groups is 1. The molecule has 0 aromatic heterocycles. The molecule has 0 spiro atoms. The summed E-state index contributed by atoms with van der Waals surface area (Å²) in [6.45, 7) is 0.436. The first-order chi connectivity index (χ1) is 5.63. The summed E-state index contributed by atoms with van der Waals surface area (Å²) < 4.78 is 5.17. The zero-order valence-electron chi connectivity index (χ0n) is 6.69. The van der Waals surface area contributed by atoms with Gasteiger partial charge in [0.25, 0.3) is 0 Å². The predicted octanol–water partition coefficient (Wildman–Crippen LogP) is -0.770. The number of hydrogen-bond acceptors (Lipinski definition) is 4. The minimum absolute atomic E-state index is 0.0286. The average molecular weight is 172 g/mol. The SMILES string of the molecule is O=C1C[C@@H](O)[C@@]2(O)CCO[C@H]2C1. The molecule has 0 radical (unpaired) electrons. The quantitative estimate of drug-likeness (QED) is 0.503. The molecule has 0 bridgehead atoms. The van der Waals surface area contributed by atoms with Gasteiger partial charge in [0.05, 0.1) is 18.8 Å². The second-order valence-corrected chi connectivity index (χ2v) is 3.56. The zero-order valence-corrected chi connectivity index (χ0v) is 6.69. The first-order valence-corrected chi connectivity index (χ1v) is 4.16. The van der Waals surface area contributed by atoms with Crippen LogP contribution in [0.3, 0.4) is 0 Å². The molecule has 0 amide bonds. The van der Waals surface area contributed by atoms with Gasteiger partial charge < -0.3 is 14.9 Å². The largest absolute Gasteiger partial charge is 0.390 e. The lowest BCUT2D eigenvalue weighted by molar-refractivity contribution is -0.156. The van der Waals surface area contributed by atoms with Gasteiger partial charge in [-0.2, -0.15) is 0 Å². The molecule has 1 heterocycles. The monoisotopic (exact) mass is 172 g/mol. The van der Waals surface area contributed by atoms with E-state index in [1.54, 1.807) is 0 Å². The molecule has 2 aliphatic rings. The highest BCUT2D eigenvalue weighted by Crippen LogP contribution is 2.36. The normalized spacial score (nSPS) is 47.7. The molecule has 1 aliphatic heterocycles. The molecular formula is C8H12O4. The summed E-state index contributed by atoms with van der Waals surface area (Å²) >= 11 is 0. The summed E-state index contributed by atoms with van der Waals surface area (Å²) in [6.07, 6.45) is -0.671. The molecule has 2 N–H and O–H groups in total. The van der Waals surface area contributed by atoms with Crippen molar-refractivity contribution < 1.29 is 19.7 Å². The highest BCUT2D eigenvalue weighted by Gasteiger charge is 2.52. The summed E-state index contributed by atoms with van der Waals surface area (Å²) in [4.78, 5) is 11.0. The van der Waals surface area contributed by atoms with Crippen LogP contribution in [0, 0.1) is 0 Å². The van der Waals surface area contributed by atoms with Crippen molar-refractivity contribution >= 4 is 5.78 Å². The topological polar surface area (TPSA) is 66.8 Å². The maximum absolute atomic E-state index is 11.0. The zero-order chi connectivity index (χ0) is 8.77. The Bertz CT molecular complexity index is 215. The fourth-order valence-corrected chi connectivity index (χ4v) is 1.97. The Morgan fingerprint density at radius 2 is 2.25 bits per heavy atom. The van der Waals surface area contributed by atoms with E-state index in [1.807, 2.05) is 0 Å². The molecular weight excluding hydrogens is 160 g/mol. The predicted molar refractivity (Wildman–Crippen MR) is 39.6 cm³/mol. The number of Topliss-reactive ketones (excluding diaryl/α,β-unsaturated/α-hetero) is 1. The molecule has 0 aromatic rings. The van der Waals surface area contributed by atoms with E-state index in [0.717, 1.165) is 0 Å². The van der Waals surface area contributed by atoms with Crippen LogP contribution in [0.2, 0.25) is 0 Å². The Kier molecular flexibility index (Phi) is 1.71. The summed E-state index contributed by atoms with van der Waals surface area (Å²) in [6, 6.07) is 0. The first kappa shape index (κ1) is 8.16. The minimum Gasteiger partial charge on any atom is -0.390 e. The first-order valence-electron chi connectivity index (χ1n) is 4.16. The second kappa shape index (κ2) is 2.52. The molecule has 1 saturated heterocycles. The summed E-state index contributed by atoms with van der Waals surface area (Å²) in [5.41, 5.74) is -1.16. The van der Waals surface area contributed by atoms with Gasteiger partial charge in [0, 0.05) is 19.3 Å². The van der Waals surface area contributed by atoms with Crippen molar-refractivity contribution in [1.82, 2.24) is 0 Å². The third-order valence-electron chi connectivity index (χ3n) is 2.79. The van der Waals surface area contributed by atoms with Crippen LogP contribution in [0.1, 0.15) is 19.3 Å². The lowest BCUT2D eigenvalue weighted by atomic mass is 9.79. The molecule has 3 atom stereocenters. The molecule has 4 nitrogen and oxygen atoms in total. The van der Waals surface area contributed by atoms with Crippen LogP contribution in [0.15, 0.2) is 0 Å². The minimum atomic E-state index is -1.16. The van der Waals surface area contributed by atoms with E-state index in [9.17, 15) is 15.0 Å². The Morgan fingerprint density at radius 3 is 3.00 bits per heavy atom. The van der Waals surface area contributed by atoms with Gasteiger partial charge in [-0.15, -0.1) is 0 Å². The highest BCUT2D eigenvalue weighted by atomic mass is 16.5. The van der Waals surface area contributed by atoms with Crippen molar-refractivity contribution in [2.75, 3.05) is 6.61 Å². The van der Waals surface area contributed by atoms with E-state index in [-0.39, 0.29) is 18.6 Å². The maximum atomic E-state index is 11.0. The van der Waals surface area contributed by atoms with Crippen LogP contribution in [-0.4, -0.2) is 40.4 Å². The van der Waals surface area contributed by atoms with Crippen molar-refractivity contribution in [3.63, 3.8) is 0 Å². The molecule has 68 valence electrons. The van der Waals surface area contributed by atoms with Crippen molar-refractivity contribution in [2.45, 2.75) is 37.1 Å². The van der Waals surface area contributed by atoms with E-state index in [2.05, 4.69) is 0 Å². The third kappa shape index (κ3) is 0.990. The summed E-state index contributed by atoms with van der Waals surface area (Å²) in [5.74, 6) is -0.0286. The van der Waals surface area contributed by atoms with Crippen LogP contribution in [0.25, 0.3) is 0 Å². The van der Waals surface area contributed by atoms with Gasteiger partial charge in [0.2, 0.25) is 0 Å². The number of rotatable bonds is 0. The lowest BCUT2D eigenvalue weighted by Crippen LogP contribution is -2.54. The number of ether oxygens (including phenoxy) is 1. The van der Waals surface area contributed by atoms with Gasteiger partial charge >= 0.3 is 0 Å². The molecule has 12 heavy (non-hydrogen) atoms. The van der Waals surface area contributed by atoms with Crippen LogP contribution >= 0.6 is 0 Å². The lowest BCUT2D eigenvalue weighted by Gasteiger charge is -2.36. The number of aliphatic hydroxyl groups is 2. The van der Waals surface area contributed by atoms with E-state index in [0.29, 0.717) is 13.0 Å². The molecule has 4 heteroatoms. The van der Waals surface area contributed by atoms with E-state index in [4.69, 9.17) is 4.74 Å². The number of carbonyl (C=O) groups excluding carboxylic acids is 1. The Morgan fingerprint density at radius 1 is 1.50 bits per heavy atom. The fraction of sp³-hybridized carbons (Fsp3) is 0.875. The number of ketones is 1. The van der Waals surface area contributed by atoms with Crippen LogP contribution < -0.4 is 0 Å². The van der Waals surface area contributed by atoms with Gasteiger partial charge in [-0.05, 0) is 0 Å². The Hall–Kier alpha value is -0.450. The number of hydrogen-bond donors (Lipinski definition) is 2. The van der Waals surface area contributed by atoms with Gasteiger partial charge in [0.15, 0.2) is 0 Å². The Labute approximate surface area is 70.1 Å². The third-order valence-corrected chi connectivity index (χ3v) is 2.79. The smallest absolute Gasteiger partial charge is 0.138 e. The van der Waals surface area contributed by atoms with E-state index in [1.165, 1.54) is 0 Å². The van der Waals surface area contributed by atoms with Crippen molar-refractivity contribution in [1.29, 1.82) is 0 Å². The highest BCUT2D eigenvalue weighted by molar-refractivity contribution is 5.81. The standard InChI is InChI=1S/C8H12O4/c9-5-3-6(10)8(11)1-2-12-7(8)4-5/h6-7,10-11H,1-4H2/t6-,7+,8+/m1/s1. The molecule has 0 unspecified atom stereocenters. The summed E-state index contributed by atoms with van der Waals surface area (Å²) in [5, 5.41) is 19.3. The van der Waals surface area contributed by atoms with Crippen LogP contribution in [0.5, 0.6) is 0 Å². The van der Waals surface area contributed by atoms with Crippen LogP contribution in [0.4, 0.5) is 0 Å². The van der Waals surface area contributed by atoms with Crippen molar-refractivity contribution in [3.05, 3.63) is 0 Å². The van der Waals surface area contributed by atoms with Crippen molar-refractivity contribution in [3.8, 4) is 0 Å². The Balaban J connectivity index is 2.22. The molecule has 1 saturated carbocycles.